The molecule has 2 aliphatic rings. The van der Waals surface area contributed by atoms with Crippen LogP contribution in [0.4, 0.5) is 4.79 Å². The van der Waals surface area contributed by atoms with Crippen molar-refractivity contribution in [2.24, 2.45) is 0 Å². The molecule has 1 saturated heterocycles. The van der Waals surface area contributed by atoms with Crippen LogP contribution in [0.2, 0.25) is 5.02 Å². The predicted octanol–water partition coefficient (Wildman–Crippen LogP) is 2.45. The van der Waals surface area contributed by atoms with Gasteiger partial charge in [-0.1, -0.05) is 48.0 Å². The third-order valence-electron chi connectivity index (χ3n) is 5.18. The number of nitrogens with zero attached hydrogens (tertiary/aromatic N) is 1. The Bertz CT molecular complexity index is 937. The number of ether oxygens (including phenoxy) is 2. The van der Waals surface area contributed by atoms with E-state index in [2.05, 4.69) is 5.32 Å². The maximum absolute atomic E-state index is 13.1. The lowest BCUT2D eigenvalue weighted by molar-refractivity contribution is -0.134. The normalized spacial score (nSPS) is 21.7. The minimum atomic E-state index is -1.15. The molecule has 0 bridgehead atoms. The van der Waals surface area contributed by atoms with Gasteiger partial charge in [-0.25, -0.2) is 4.79 Å². The highest BCUT2D eigenvalue weighted by Crippen LogP contribution is 2.40. The Kier molecular flexibility index (Phi) is 5.45. The molecule has 2 atom stereocenters. The summed E-state index contributed by atoms with van der Waals surface area (Å²) in [5.74, 6) is 0.196. The van der Waals surface area contributed by atoms with Crippen LogP contribution in [0, 0.1) is 0 Å². The summed E-state index contributed by atoms with van der Waals surface area (Å²) in [6.45, 7) is 0.360. The van der Waals surface area contributed by atoms with Gasteiger partial charge >= 0.3 is 6.03 Å². The first kappa shape index (κ1) is 19.7. The number of amides is 3. The highest BCUT2D eigenvalue weighted by molar-refractivity contribution is 6.31. The molecule has 2 N–H and O–H groups in total. The van der Waals surface area contributed by atoms with Crippen LogP contribution in [0.1, 0.15) is 17.5 Å². The standard InChI is InChI=1S/C21H21ClN2O5/c22-17-7-3-1-5-14(17)12-28-13-15(25)11-24-19(26)21(23-20(24)27)9-10-29-18-8-4-2-6-16(18)21/h1-8,15,25H,9-13H2,(H,23,27)/t15-,21-/m0/s1. The van der Waals surface area contributed by atoms with E-state index in [0.717, 1.165) is 10.5 Å². The summed E-state index contributed by atoms with van der Waals surface area (Å²) in [6.07, 6.45) is -0.679. The van der Waals surface area contributed by atoms with Gasteiger partial charge in [-0.15, -0.1) is 0 Å². The zero-order valence-corrected chi connectivity index (χ0v) is 16.4. The van der Waals surface area contributed by atoms with Crippen LogP contribution in [0.25, 0.3) is 0 Å². The van der Waals surface area contributed by atoms with Gasteiger partial charge in [-0.05, 0) is 17.7 Å². The van der Waals surface area contributed by atoms with Crippen molar-refractivity contribution < 1.29 is 24.2 Å². The highest BCUT2D eigenvalue weighted by Gasteiger charge is 2.55. The second kappa shape index (κ2) is 8.02. The average molecular weight is 417 g/mol. The van der Waals surface area contributed by atoms with Crippen molar-refractivity contribution in [1.29, 1.82) is 0 Å². The lowest BCUT2D eigenvalue weighted by Gasteiger charge is -2.33. The molecule has 1 spiro atoms. The first-order valence-electron chi connectivity index (χ1n) is 9.37. The zero-order valence-electron chi connectivity index (χ0n) is 15.6. The van der Waals surface area contributed by atoms with Gasteiger partial charge in [-0.3, -0.25) is 9.69 Å². The molecule has 2 aromatic rings. The number of para-hydroxylation sites is 1. The first-order chi connectivity index (χ1) is 14.0. The second-order valence-corrected chi connectivity index (χ2v) is 7.51. The molecule has 2 aromatic carbocycles. The Hall–Kier alpha value is -2.61. The van der Waals surface area contributed by atoms with Gasteiger partial charge in [0, 0.05) is 17.0 Å². The van der Waals surface area contributed by atoms with Crippen molar-refractivity contribution in [1.82, 2.24) is 10.2 Å². The molecule has 8 heteroatoms. The number of nitrogens with one attached hydrogen (secondary N) is 1. The zero-order chi connectivity index (χ0) is 20.4. The minimum Gasteiger partial charge on any atom is -0.493 e. The number of halogens is 1. The Morgan fingerprint density at radius 1 is 1.21 bits per heavy atom. The molecule has 0 unspecified atom stereocenters. The molecule has 0 aromatic heterocycles. The summed E-state index contributed by atoms with van der Waals surface area (Å²) < 4.78 is 11.1. The maximum Gasteiger partial charge on any atom is 0.325 e. The number of hydrogen-bond acceptors (Lipinski definition) is 5. The van der Waals surface area contributed by atoms with E-state index >= 15 is 0 Å². The number of hydrogen-bond donors (Lipinski definition) is 2. The molecule has 0 saturated carbocycles. The van der Waals surface area contributed by atoms with Gasteiger partial charge in [0.15, 0.2) is 5.54 Å². The summed E-state index contributed by atoms with van der Waals surface area (Å²) in [5, 5.41) is 13.7. The molecule has 29 heavy (non-hydrogen) atoms. The van der Waals surface area contributed by atoms with E-state index in [1.165, 1.54) is 0 Å². The number of aliphatic hydroxyl groups excluding tert-OH is 1. The van der Waals surface area contributed by atoms with Gasteiger partial charge in [0.05, 0.1) is 32.5 Å². The summed E-state index contributed by atoms with van der Waals surface area (Å²) >= 11 is 6.08. The van der Waals surface area contributed by atoms with E-state index in [4.69, 9.17) is 21.1 Å². The fourth-order valence-corrected chi connectivity index (χ4v) is 3.91. The number of β-amino-alcohol motifs (C(OH)–C–C–N with tert-alkyl or cyclic N) is 1. The van der Waals surface area contributed by atoms with E-state index < -0.39 is 17.7 Å². The quantitative estimate of drug-likeness (QED) is 0.706. The molecular weight excluding hydrogens is 396 g/mol. The lowest BCUT2D eigenvalue weighted by Crippen LogP contribution is -2.48. The van der Waals surface area contributed by atoms with Gasteiger partial charge in [0.1, 0.15) is 5.75 Å². The van der Waals surface area contributed by atoms with Crippen molar-refractivity contribution in [2.75, 3.05) is 19.8 Å². The Morgan fingerprint density at radius 2 is 1.97 bits per heavy atom. The van der Waals surface area contributed by atoms with Crippen LogP contribution in [0.5, 0.6) is 5.75 Å². The second-order valence-electron chi connectivity index (χ2n) is 7.11. The molecular formula is C21H21ClN2O5. The van der Waals surface area contributed by atoms with Crippen LogP contribution in [0.3, 0.4) is 0 Å². The van der Waals surface area contributed by atoms with Crippen LogP contribution in [0.15, 0.2) is 48.5 Å². The predicted molar refractivity (Wildman–Crippen MR) is 106 cm³/mol. The topological polar surface area (TPSA) is 88.1 Å². The number of carbonyl (C=O) groups is 2. The number of benzene rings is 2. The molecule has 3 amide bonds. The Morgan fingerprint density at radius 3 is 2.79 bits per heavy atom. The maximum atomic E-state index is 13.1. The van der Waals surface area contributed by atoms with E-state index in [1.807, 2.05) is 24.3 Å². The van der Waals surface area contributed by atoms with Crippen LogP contribution in [-0.4, -0.2) is 47.8 Å². The van der Waals surface area contributed by atoms with Crippen LogP contribution < -0.4 is 10.1 Å². The largest absolute Gasteiger partial charge is 0.493 e. The fourth-order valence-electron chi connectivity index (χ4n) is 3.72. The molecule has 152 valence electrons. The average Bonchev–Trinajstić information content (AvgIpc) is 2.94. The molecule has 1 fully saturated rings. The van der Waals surface area contributed by atoms with Crippen molar-refractivity contribution in [2.45, 2.75) is 24.7 Å². The van der Waals surface area contributed by atoms with Gasteiger partial charge < -0.3 is 19.9 Å². The Balaban J connectivity index is 1.40. The van der Waals surface area contributed by atoms with Gasteiger partial charge in [0.25, 0.3) is 5.91 Å². The number of fused-ring (bicyclic) bond motifs is 2. The molecule has 0 aliphatic carbocycles. The number of rotatable bonds is 6. The van der Waals surface area contributed by atoms with Crippen LogP contribution >= 0.6 is 11.6 Å². The number of imide groups is 1. The van der Waals surface area contributed by atoms with Gasteiger partial charge in [-0.2, -0.15) is 0 Å². The lowest BCUT2D eigenvalue weighted by atomic mass is 9.84. The number of aliphatic hydroxyl groups is 1. The van der Waals surface area contributed by atoms with E-state index in [-0.39, 0.29) is 25.7 Å². The number of carbonyl (C=O) groups excluding carboxylic acids is 2. The van der Waals surface area contributed by atoms with E-state index in [0.29, 0.717) is 29.4 Å². The van der Waals surface area contributed by atoms with E-state index in [9.17, 15) is 14.7 Å². The first-order valence-corrected chi connectivity index (χ1v) is 9.75. The SMILES string of the molecule is O=C1N[C@]2(CCOc3ccccc32)C(=O)N1C[C@H](O)COCc1ccccc1Cl. The van der Waals surface area contributed by atoms with Crippen LogP contribution in [-0.2, 0) is 21.7 Å². The monoisotopic (exact) mass is 416 g/mol. The third-order valence-corrected chi connectivity index (χ3v) is 5.54. The third kappa shape index (κ3) is 3.69. The number of urea groups is 1. The minimum absolute atomic E-state index is 0.0328. The fraction of sp³-hybridized carbons (Fsp3) is 0.333. The van der Waals surface area contributed by atoms with Crippen molar-refractivity contribution in [3.8, 4) is 5.75 Å². The van der Waals surface area contributed by atoms with Crippen molar-refractivity contribution in [3.05, 3.63) is 64.7 Å². The summed E-state index contributed by atoms with van der Waals surface area (Å²) in [7, 11) is 0. The van der Waals surface area contributed by atoms with E-state index in [1.54, 1.807) is 24.3 Å². The molecule has 7 nitrogen and oxygen atoms in total. The molecule has 2 heterocycles. The van der Waals surface area contributed by atoms with Crippen molar-refractivity contribution in [3.63, 3.8) is 0 Å². The summed E-state index contributed by atoms with van der Waals surface area (Å²) in [5.41, 5.74) is 0.287. The molecule has 2 aliphatic heterocycles. The van der Waals surface area contributed by atoms with Crippen molar-refractivity contribution >= 4 is 23.5 Å². The smallest absolute Gasteiger partial charge is 0.325 e. The summed E-state index contributed by atoms with van der Waals surface area (Å²) in [4.78, 5) is 26.7. The molecule has 4 rings (SSSR count). The van der Waals surface area contributed by atoms with Gasteiger partial charge in [0.2, 0.25) is 0 Å². The molecule has 0 radical (unpaired) electrons. The Labute approximate surface area is 173 Å². The summed E-state index contributed by atoms with van der Waals surface area (Å²) in [6, 6.07) is 13.9. The highest BCUT2D eigenvalue weighted by atomic mass is 35.5.